The number of ether oxygens (including phenoxy) is 1. The van der Waals surface area contributed by atoms with Gasteiger partial charge in [-0.1, -0.05) is 42.3 Å². The first-order valence-corrected chi connectivity index (χ1v) is 11.4. The van der Waals surface area contributed by atoms with Crippen molar-refractivity contribution >= 4 is 33.4 Å². The van der Waals surface area contributed by atoms with Gasteiger partial charge in [0.25, 0.3) is 11.8 Å². The van der Waals surface area contributed by atoms with E-state index in [0.717, 1.165) is 43.2 Å². The first kappa shape index (κ1) is 22.3. The van der Waals surface area contributed by atoms with Crippen LogP contribution in [0.5, 0.6) is 5.75 Å². The van der Waals surface area contributed by atoms with Crippen LogP contribution in [0.15, 0.2) is 46.9 Å². The van der Waals surface area contributed by atoms with Crippen molar-refractivity contribution in [2.45, 2.75) is 39.5 Å². The molecule has 0 spiro atoms. The second-order valence-corrected chi connectivity index (χ2v) is 8.77. The Bertz CT molecular complexity index is 892. The molecule has 0 aliphatic carbocycles. The molecular weight excluding hydrogens is 444 g/mol. The van der Waals surface area contributed by atoms with Crippen LogP contribution in [0.3, 0.4) is 0 Å². The highest BCUT2D eigenvalue weighted by molar-refractivity contribution is 9.10. The molecule has 6 heteroatoms. The van der Waals surface area contributed by atoms with Gasteiger partial charge >= 0.3 is 0 Å². The van der Waals surface area contributed by atoms with Crippen molar-refractivity contribution in [3.05, 3.63) is 58.1 Å². The molecule has 5 nitrogen and oxygen atoms in total. The van der Waals surface area contributed by atoms with E-state index in [-0.39, 0.29) is 11.8 Å². The fourth-order valence-corrected chi connectivity index (χ4v) is 3.82. The Labute approximate surface area is 186 Å². The van der Waals surface area contributed by atoms with E-state index in [9.17, 15) is 9.59 Å². The van der Waals surface area contributed by atoms with Crippen LogP contribution in [0.4, 0.5) is 5.69 Å². The quantitative estimate of drug-likeness (QED) is 0.521. The molecule has 1 aliphatic heterocycles. The Hall–Kier alpha value is -2.34. The van der Waals surface area contributed by atoms with Gasteiger partial charge < -0.3 is 15.0 Å². The molecule has 1 heterocycles. The van der Waals surface area contributed by atoms with E-state index in [1.54, 1.807) is 36.4 Å². The molecule has 1 N–H and O–H groups in total. The lowest BCUT2D eigenvalue weighted by Gasteiger charge is -2.30. The van der Waals surface area contributed by atoms with Crippen LogP contribution in [0.1, 0.15) is 60.2 Å². The number of likely N-dealkylation sites (tertiary alicyclic amines) is 1. The summed E-state index contributed by atoms with van der Waals surface area (Å²) in [6.07, 6.45) is 4.02. The molecule has 160 valence electrons. The van der Waals surface area contributed by atoms with E-state index in [1.165, 1.54) is 0 Å². The van der Waals surface area contributed by atoms with Gasteiger partial charge in [-0.15, -0.1) is 0 Å². The van der Waals surface area contributed by atoms with Gasteiger partial charge in [0.1, 0.15) is 5.75 Å². The maximum Gasteiger partial charge on any atom is 0.259 e. The number of nitrogens with one attached hydrogen (secondary N) is 1. The molecule has 0 radical (unpaired) electrons. The standard InChI is InChI=1S/C24H29BrN2O3/c1-3-4-14-30-22-9-8-19(25)16-21(22)23(28)26-20-7-5-6-18(15-20)24(29)27-12-10-17(2)11-13-27/h5-9,15-17H,3-4,10-14H2,1-2H3,(H,26,28). The van der Waals surface area contributed by atoms with Crippen LogP contribution < -0.4 is 10.1 Å². The average Bonchev–Trinajstić information content (AvgIpc) is 2.75. The normalized spacial score (nSPS) is 14.4. The molecule has 0 atom stereocenters. The van der Waals surface area contributed by atoms with Crippen molar-refractivity contribution in [3.8, 4) is 5.75 Å². The van der Waals surface area contributed by atoms with Crippen molar-refractivity contribution < 1.29 is 14.3 Å². The number of hydrogen-bond acceptors (Lipinski definition) is 3. The molecular formula is C24H29BrN2O3. The Kier molecular flexibility index (Phi) is 7.91. The predicted molar refractivity (Wildman–Crippen MR) is 123 cm³/mol. The third-order valence-corrected chi connectivity index (χ3v) is 5.87. The van der Waals surface area contributed by atoms with Gasteiger partial charge in [-0.3, -0.25) is 9.59 Å². The number of carbonyl (C=O) groups excluding carboxylic acids is 2. The summed E-state index contributed by atoms with van der Waals surface area (Å²) < 4.78 is 6.60. The van der Waals surface area contributed by atoms with Gasteiger partial charge in [0.2, 0.25) is 0 Å². The van der Waals surface area contributed by atoms with Crippen molar-refractivity contribution in [3.63, 3.8) is 0 Å². The molecule has 0 bridgehead atoms. The zero-order valence-electron chi connectivity index (χ0n) is 17.6. The number of hydrogen-bond donors (Lipinski definition) is 1. The SMILES string of the molecule is CCCCOc1ccc(Br)cc1C(=O)Nc1cccc(C(=O)N2CCC(C)CC2)c1. The molecule has 3 rings (SSSR count). The minimum absolute atomic E-state index is 0.0176. The number of amides is 2. The molecule has 2 aromatic carbocycles. The van der Waals surface area contributed by atoms with E-state index in [2.05, 4.69) is 35.1 Å². The number of nitrogens with zero attached hydrogens (tertiary/aromatic N) is 1. The van der Waals surface area contributed by atoms with E-state index in [0.29, 0.717) is 35.1 Å². The minimum atomic E-state index is -0.265. The van der Waals surface area contributed by atoms with Crippen molar-refractivity contribution in [2.75, 3.05) is 25.0 Å². The first-order chi connectivity index (χ1) is 14.5. The van der Waals surface area contributed by atoms with Crippen LogP contribution in [-0.4, -0.2) is 36.4 Å². The number of benzene rings is 2. The maximum absolute atomic E-state index is 12.9. The molecule has 1 aliphatic rings. The van der Waals surface area contributed by atoms with Crippen molar-refractivity contribution in [2.24, 2.45) is 5.92 Å². The number of carbonyl (C=O) groups is 2. The van der Waals surface area contributed by atoms with Crippen LogP contribution in [0, 0.1) is 5.92 Å². The second kappa shape index (κ2) is 10.6. The molecule has 0 unspecified atom stereocenters. The van der Waals surface area contributed by atoms with E-state index in [1.807, 2.05) is 11.0 Å². The van der Waals surface area contributed by atoms with Gasteiger partial charge in [-0.2, -0.15) is 0 Å². The van der Waals surface area contributed by atoms with Gasteiger partial charge in [-0.05, 0) is 61.6 Å². The third-order valence-electron chi connectivity index (χ3n) is 5.38. The molecule has 0 saturated carbocycles. The van der Waals surface area contributed by atoms with Gasteiger partial charge in [0.05, 0.1) is 12.2 Å². The fourth-order valence-electron chi connectivity index (χ4n) is 3.45. The van der Waals surface area contributed by atoms with Crippen LogP contribution >= 0.6 is 15.9 Å². The number of halogens is 1. The monoisotopic (exact) mass is 472 g/mol. The number of rotatable bonds is 7. The van der Waals surface area contributed by atoms with E-state index in [4.69, 9.17) is 4.74 Å². The minimum Gasteiger partial charge on any atom is -0.493 e. The number of piperidine rings is 1. The van der Waals surface area contributed by atoms with Gasteiger partial charge in [-0.25, -0.2) is 0 Å². The highest BCUT2D eigenvalue weighted by Gasteiger charge is 2.22. The summed E-state index contributed by atoms with van der Waals surface area (Å²) in [5.74, 6) is 0.973. The first-order valence-electron chi connectivity index (χ1n) is 10.6. The lowest BCUT2D eigenvalue weighted by molar-refractivity contribution is 0.0697. The molecule has 2 amide bonds. The van der Waals surface area contributed by atoms with E-state index < -0.39 is 0 Å². The van der Waals surface area contributed by atoms with Crippen LogP contribution in [-0.2, 0) is 0 Å². The summed E-state index contributed by atoms with van der Waals surface area (Å²) in [6, 6.07) is 12.5. The van der Waals surface area contributed by atoms with E-state index >= 15 is 0 Å². The van der Waals surface area contributed by atoms with Crippen LogP contribution in [0.2, 0.25) is 0 Å². The van der Waals surface area contributed by atoms with Gasteiger partial charge in [0.15, 0.2) is 0 Å². The Balaban J connectivity index is 1.72. The third kappa shape index (κ3) is 5.85. The summed E-state index contributed by atoms with van der Waals surface area (Å²) in [4.78, 5) is 27.7. The number of anilines is 1. The average molecular weight is 473 g/mol. The highest BCUT2D eigenvalue weighted by atomic mass is 79.9. The summed E-state index contributed by atoms with van der Waals surface area (Å²) in [5, 5.41) is 2.91. The molecule has 0 aromatic heterocycles. The summed E-state index contributed by atoms with van der Waals surface area (Å²) in [5.41, 5.74) is 1.65. The zero-order chi connectivity index (χ0) is 21.5. The smallest absolute Gasteiger partial charge is 0.259 e. The predicted octanol–water partition coefficient (Wildman–Crippen LogP) is 5.75. The highest BCUT2D eigenvalue weighted by Crippen LogP contribution is 2.25. The summed E-state index contributed by atoms with van der Waals surface area (Å²) in [7, 11) is 0. The fraction of sp³-hybridized carbons (Fsp3) is 0.417. The zero-order valence-corrected chi connectivity index (χ0v) is 19.2. The lowest BCUT2D eigenvalue weighted by atomic mass is 9.98. The molecule has 1 saturated heterocycles. The Morgan fingerprint density at radius 1 is 1.17 bits per heavy atom. The summed E-state index contributed by atoms with van der Waals surface area (Å²) in [6.45, 7) is 6.45. The largest absolute Gasteiger partial charge is 0.493 e. The van der Waals surface area contributed by atoms with Crippen molar-refractivity contribution in [1.82, 2.24) is 4.90 Å². The number of unbranched alkanes of at least 4 members (excludes halogenated alkanes) is 1. The maximum atomic E-state index is 12.9. The Morgan fingerprint density at radius 3 is 2.67 bits per heavy atom. The molecule has 2 aromatic rings. The topological polar surface area (TPSA) is 58.6 Å². The lowest BCUT2D eigenvalue weighted by Crippen LogP contribution is -2.37. The Morgan fingerprint density at radius 2 is 1.93 bits per heavy atom. The second-order valence-electron chi connectivity index (χ2n) is 7.85. The van der Waals surface area contributed by atoms with Crippen molar-refractivity contribution in [1.29, 1.82) is 0 Å². The molecule has 1 fully saturated rings. The molecule has 30 heavy (non-hydrogen) atoms. The summed E-state index contributed by atoms with van der Waals surface area (Å²) >= 11 is 3.43. The van der Waals surface area contributed by atoms with Gasteiger partial charge in [0, 0.05) is 28.8 Å². The van der Waals surface area contributed by atoms with Crippen LogP contribution in [0.25, 0.3) is 0 Å².